The zero-order valence-corrected chi connectivity index (χ0v) is 12.8. The SMILES string of the molecule is Cc1ccc(C(=O)[C@@H]2O[C@H]3OC(C)(C)O[C@H]3[C@@H]2O)cc1Cl. The molecule has 0 bridgehead atoms. The fourth-order valence-electron chi connectivity index (χ4n) is 2.62. The summed E-state index contributed by atoms with van der Waals surface area (Å²) in [5.41, 5.74) is 1.28. The molecule has 0 radical (unpaired) electrons. The van der Waals surface area contributed by atoms with Gasteiger partial charge in [0.2, 0.25) is 0 Å². The molecule has 1 aromatic carbocycles. The van der Waals surface area contributed by atoms with Crippen molar-refractivity contribution in [3.8, 4) is 0 Å². The molecule has 3 rings (SSSR count). The minimum absolute atomic E-state index is 0.330. The molecule has 0 amide bonds. The Bertz CT molecular complexity index is 585. The molecule has 0 saturated carbocycles. The second kappa shape index (κ2) is 5.04. The highest BCUT2D eigenvalue weighted by molar-refractivity contribution is 6.31. The summed E-state index contributed by atoms with van der Waals surface area (Å²) in [5.74, 6) is -1.15. The number of aliphatic hydroxyl groups excluding tert-OH is 1. The molecule has 2 aliphatic heterocycles. The fourth-order valence-corrected chi connectivity index (χ4v) is 2.80. The number of ether oxygens (including phenoxy) is 3. The summed E-state index contributed by atoms with van der Waals surface area (Å²) in [7, 11) is 0. The number of aryl methyl sites for hydroxylation is 1. The zero-order valence-electron chi connectivity index (χ0n) is 12.0. The molecular formula is C15H17ClO5. The van der Waals surface area contributed by atoms with Crippen molar-refractivity contribution >= 4 is 17.4 Å². The van der Waals surface area contributed by atoms with Gasteiger partial charge in [-0.15, -0.1) is 0 Å². The second-order valence-electron chi connectivity index (χ2n) is 5.84. The third-order valence-electron chi connectivity index (χ3n) is 3.73. The van der Waals surface area contributed by atoms with Crippen LogP contribution in [0.5, 0.6) is 0 Å². The van der Waals surface area contributed by atoms with Crippen LogP contribution in [0.1, 0.15) is 29.8 Å². The minimum atomic E-state index is -1.07. The Balaban J connectivity index is 1.79. The Labute approximate surface area is 127 Å². The average molecular weight is 313 g/mol. The summed E-state index contributed by atoms with van der Waals surface area (Å²) >= 11 is 6.03. The minimum Gasteiger partial charge on any atom is -0.387 e. The number of halogens is 1. The van der Waals surface area contributed by atoms with Gasteiger partial charge in [-0.3, -0.25) is 4.79 Å². The number of aliphatic hydroxyl groups is 1. The molecule has 0 aromatic heterocycles. The molecule has 6 heteroatoms. The van der Waals surface area contributed by atoms with Crippen molar-refractivity contribution in [3.05, 3.63) is 34.3 Å². The molecule has 1 N–H and O–H groups in total. The first kappa shape index (κ1) is 14.9. The van der Waals surface area contributed by atoms with Gasteiger partial charge in [-0.05, 0) is 32.4 Å². The molecule has 114 valence electrons. The summed E-state index contributed by atoms with van der Waals surface area (Å²) in [5, 5.41) is 10.8. The molecule has 2 heterocycles. The maximum Gasteiger partial charge on any atom is 0.194 e. The zero-order chi connectivity index (χ0) is 15.4. The van der Waals surface area contributed by atoms with E-state index in [-0.39, 0.29) is 5.78 Å². The van der Waals surface area contributed by atoms with E-state index in [1.807, 2.05) is 6.92 Å². The Morgan fingerprint density at radius 1 is 1.33 bits per heavy atom. The van der Waals surface area contributed by atoms with E-state index in [1.165, 1.54) is 0 Å². The highest BCUT2D eigenvalue weighted by Gasteiger charge is 2.56. The lowest BCUT2D eigenvalue weighted by atomic mass is 10.00. The predicted octanol–water partition coefficient (Wildman–Crippen LogP) is 2.07. The first-order chi connectivity index (χ1) is 9.78. The molecule has 2 aliphatic rings. The van der Waals surface area contributed by atoms with Crippen molar-refractivity contribution in [1.29, 1.82) is 0 Å². The molecule has 21 heavy (non-hydrogen) atoms. The lowest BCUT2D eigenvalue weighted by molar-refractivity contribution is -0.208. The third kappa shape index (κ3) is 2.60. The van der Waals surface area contributed by atoms with Crippen molar-refractivity contribution in [1.82, 2.24) is 0 Å². The van der Waals surface area contributed by atoms with Gasteiger partial charge >= 0.3 is 0 Å². The third-order valence-corrected chi connectivity index (χ3v) is 4.14. The molecule has 0 spiro atoms. The van der Waals surface area contributed by atoms with Crippen molar-refractivity contribution in [2.45, 2.75) is 51.2 Å². The van der Waals surface area contributed by atoms with Gasteiger partial charge in [-0.2, -0.15) is 0 Å². The van der Waals surface area contributed by atoms with Crippen LogP contribution in [-0.4, -0.2) is 41.3 Å². The van der Waals surface area contributed by atoms with E-state index in [0.29, 0.717) is 10.6 Å². The van der Waals surface area contributed by atoms with Gasteiger partial charge in [-0.1, -0.05) is 23.7 Å². The van der Waals surface area contributed by atoms with Crippen LogP contribution in [0, 0.1) is 6.92 Å². The number of benzene rings is 1. The van der Waals surface area contributed by atoms with Crippen LogP contribution in [0.2, 0.25) is 5.02 Å². The van der Waals surface area contributed by atoms with E-state index in [9.17, 15) is 9.90 Å². The summed E-state index contributed by atoms with van der Waals surface area (Å²) < 4.78 is 16.6. The van der Waals surface area contributed by atoms with E-state index < -0.39 is 30.4 Å². The van der Waals surface area contributed by atoms with Crippen molar-refractivity contribution in [3.63, 3.8) is 0 Å². The molecule has 0 aliphatic carbocycles. The number of carbonyl (C=O) groups is 1. The van der Waals surface area contributed by atoms with E-state index >= 15 is 0 Å². The fraction of sp³-hybridized carbons (Fsp3) is 0.533. The first-order valence-corrected chi connectivity index (χ1v) is 7.16. The number of Topliss-reactive ketones (excluding diaryl/α,β-unsaturated/α-hetero) is 1. The molecule has 5 nitrogen and oxygen atoms in total. The largest absolute Gasteiger partial charge is 0.387 e. The molecular weight excluding hydrogens is 296 g/mol. The van der Waals surface area contributed by atoms with Crippen LogP contribution in [0.15, 0.2) is 18.2 Å². The first-order valence-electron chi connectivity index (χ1n) is 6.78. The van der Waals surface area contributed by atoms with Crippen molar-refractivity contribution in [2.75, 3.05) is 0 Å². The quantitative estimate of drug-likeness (QED) is 0.847. The molecule has 0 unspecified atom stereocenters. The maximum absolute atomic E-state index is 12.5. The number of hydrogen-bond acceptors (Lipinski definition) is 5. The van der Waals surface area contributed by atoms with Gasteiger partial charge in [0.25, 0.3) is 0 Å². The van der Waals surface area contributed by atoms with E-state index in [4.69, 9.17) is 25.8 Å². The van der Waals surface area contributed by atoms with E-state index in [1.54, 1.807) is 32.0 Å². The van der Waals surface area contributed by atoms with E-state index in [0.717, 1.165) is 5.56 Å². The smallest absolute Gasteiger partial charge is 0.194 e. The van der Waals surface area contributed by atoms with Gasteiger partial charge in [0, 0.05) is 10.6 Å². The number of carbonyl (C=O) groups excluding carboxylic acids is 1. The Kier molecular flexibility index (Phi) is 3.58. The van der Waals surface area contributed by atoms with Gasteiger partial charge in [0.15, 0.2) is 24.0 Å². The van der Waals surface area contributed by atoms with Gasteiger partial charge in [0.05, 0.1) is 0 Å². The predicted molar refractivity (Wildman–Crippen MR) is 75.2 cm³/mol. The number of fused-ring (bicyclic) bond motifs is 1. The van der Waals surface area contributed by atoms with Crippen LogP contribution >= 0.6 is 11.6 Å². The second-order valence-corrected chi connectivity index (χ2v) is 6.25. The normalized spacial score (nSPS) is 34.0. The molecule has 2 fully saturated rings. The van der Waals surface area contributed by atoms with Crippen LogP contribution in [0.25, 0.3) is 0 Å². The van der Waals surface area contributed by atoms with Crippen molar-refractivity contribution in [2.24, 2.45) is 0 Å². The standard InChI is InChI=1S/C15H17ClO5/c1-7-4-5-8(6-9(7)16)10(17)12-11(18)13-14(19-12)21-15(2,3)20-13/h4-6,11-14,18H,1-3H3/t11-,12+,13+,14+/m1/s1. The van der Waals surface area contributed by atoms with Gasteiger partial charge in [0.1, 0.15) is 12.2 Å². The van der Waals surface area contributed by atoms with Gasteiger partial charge in [-0.25, -0.2) is 0 Å². The summed E-state index contributed by atoms with van der Waals surface area (Å²) in [4.78, 5) is 12.5. The number of ketones is 1. The van der Waals surface area contributed by atoms with Crippen LogP contribution < -0.4 is 0 Å². The highest BCUT2D eigenvalue weighted by atomic mass is 35.5. The average Bonchev–Trinajstić information content (AvgIpc) is 2.86. The lowest BCUT2D eigenvalue weighted by Crippen LogP contribution is -2.38. The number of hydrogen-bond donors (Lipinski definition) is 1. The lowest BCUT2D eigenvalue weighted by Gasteiger charge is -2.22. The Morgan fingerprint density at radius 2 is 2.05 bits per heavy atom. The molecule has 1 aromatic rings. The topological polar surface area (TPSA) is 65.0 Å². The summed E-state index contributed by atoms with van der Waals surface area (Å²) in [6.45, 7) is 5.32. The van der Waals surface area contributed by atoms with Gasteiger partial charge < -0.3 is 19.3 Å². The van der Waals surface area contributed by atoms with Crippen LogP contribution in [-0.2, 0) is 14.2 Å². The summed E-state index contributed by atoms with van der Waals surface area (Å²) in [6, 6.07) is 5.00. The maximum atomic E-state index is 12.5. The van der Waals surface area contributed by atoms with Crippen LogP contribution in [0.4, 0.5) is 0 Å². The summed E-state index contributed by atoms with van der Waals surface area (Å²) in [6.07, 6.45) is -3.46. The monoisotopic (exact) mass is 312 g/mol. The molecule has 4 atom stereocenters. The Morgan fingerprint density at radius 3 is 2.67 bits per heavy atom. The van der Waals surface area contributed by atoms with E-state index in [2.05, 4.69) is 0 Å². The highest BCUT2D eigenvalue weighted by Crippen LogP contribution is 2.38. The Hall–Kier alpha value is -0.980. The molecule has 2 saturated heterocycles. The van der Waals surface area contributed by atoms with Crippen molar-refractivity contribution < 1.29 is 24.1 Å². The number of rotatable bonds is 2. The van der Waals surface area contributed by atoms with Crippen LogP contribution in [0.3, 0.4) is 0 Å².